The van der Waals surface area contributed by atoms with E-state index in [1.807, 2.05) is 24.3 Å². The number of para-hydroxylation sites is 1. The van der Waals surface area contributed by atoms with Crippen LogP contribution in [0.5, 0.6) is 0 Å². The van der Waals surface area contributed by atoms with Crippen LogP contribution in [0.1, 0.15) is 5.56 Å². The van der Waals surface area contributed by atoms with Gasteiger partial charge < -0.3 is 10.3 Å². The van der Waals surface area contributed by atoms with E-state index in [2.05, 4.69) is 10.3 Å². The summed E-state index contributed by atoms with van der Waals surface area (Å²) in [4.78, 5) is 24.4. The van der Waals surface area contributed by atoms with E-state index >= 15 is 0 Å². The number of benzene rings is 1. The molecule has 0 fully saturated rings. The van der Waals surface area contributed by atoms with Gasteiger partial charge in [-0.3, -0.25) is 9.59 Å². The van der Waals surface area contributed by atoms with Gasteiger partial charge in [-0.05, 0) is 23.6 Å². The molecular weight excluding hydrogens is 204 g/mol. The number of fused-ring (bicyclic) bond motifs is 1. The highest BCUT2D eigenvalue weighted by Gasteiger charge is 1.98. The lowest BCUT2D eigenvalue weighted by atomic mass is 10.1. The summed E-state index contributed by atoms with van der Waals surface area (Å²) < 4.78 is 0. The van der Waals surface area contributed by atoms with Crippen molar-refractivity contribution in [1.82, 2.24) is 10.3 Å². The number of hydrogen-bond acceptors (Lipinski definition) is 2. The number of rotatable bonds is 3. The summed E-state index contributed by atoms with van der Waals surface area (Å²) in [5, 5.41) is 3.31. The Morgan fingerprint density at radius 1 is 1.25 bits per heavy atom. The van der Waals surface area contributed by atoms with Crippen LogP contribution in [-0.2, 0) is 4.79 Å². The molecule has 0 radical (unpaired) electrons. The van der Waals surface area contributed by atoms with Crippen molar-refractivity contribution in [2.75, 3.05) is 0 Å². The number of carbonyl (C=O) groups is 1. The lowest BCUT2D eigenvalue weighted by Crippen LogP contribution is -2.09. The Labute approximate surface area is 91.6 Å². The molecule has 4 heteroatoms. The molecule has 1 aromatic carbocycles. The zero-order valence-corrected chi connectivity index (χ0v) is 8.44. The van der Waals surface area contributed by atoms with Crippen molar-refractivity contribution in [2.45, 2.75) is 0 Å². The number of carbonyl (C=O) groups excluding carboxylic acids is 1. The Morgan fingerprint density at radius 3 is 2.88 bits per heavy atom. The van der Waals surface area contributed by atoms with Crippen molar-refractivity contribution >= 4 is 23.4 Å². The van der Waals surface area contributed by atoms with Crippen LogP contribution in [0, 0.1) is 0 Å². The number of aromatic amines is 1. The van der Waals surface area contributed by atoms with E-state index in [9.17, 15) is 9.59 Å². The molecule has 80 valence electrons. The number of hydrogen-bond donors (Lipinski definition) is 2. The second-order valence-electron chi connectivity index (χ2n) is 3.26. The van der Waals surface area contributed by atoms with Crippen LogP contribution in [0.2, 0.25) is 0 Å². The summed E-state index contributed by atoms with van der Waals surface area (Å²) in [5.74, 6) is 0. The zero-order chi connectivity index (χ0) is 11.4. The van der Waals surface area contributed by atoms with E-state index in [-0.39, 0.29) is 5.56 Å². The summed E-state index contributed by atoms with van der Waals surface area (Å²) in [6.07, 6.45) is 3.53. The Balaban J connectivity index is 2.50. The van der Waals surface area contributed by atoms with Crippen molar-refractivity contribution in [1.29, 1.82) is 0 Å². The molecule has 0 aliphatic carbocycles. The standard InChI is InChI=1S/C12H10N2O2/c15-8-13-6-5-10-7-9-3-1-2-4-11(9)14-12(10)16/h1-8H,(H,13,15)(H,14,16). The maximum Gasteiger partial charge on any atom is 0.255 e. The molecule has 0 unspecified atom stereocenters. The average Bonchev–Trinajstić information content (AvgIpc) is 2.30. The van der Waals surface area contributed by atoms with E-state index < -0.39 is 0 Å². The number of amides is 1. The first-order chi connectivity index (χ1) is 7.81. The molecule has 1 heterocycles. The minimum absolute atomic E-state index is 0.178. The fraction of sp³-hybridized carbons (Fsp3) is 0. The average molecular weight is 214 g/mol. The number of aromatic nitrogens is 1. The van der Waals surface area contributed by atoms with Crippen LogP contribution < -0.4 is 10.9 Å². The number of nitrogens with one attached hydrogen (secondary N) is 2. The molecule has 0 saturated heterocycles. The minimum atomic E-state index is -0.178. The smallest absolute Gasteiger partial charge is 0.255 e. The second kappa shape index (κ2) is 4.44. The predicted molar refractivity (Wildman–Crippen MR) is 62.8 cm³/mol. The maximum absolute atomic E-state index is 11.6. The highest BCUT2D eigenvalue weighted by atomic mass is 16.1. The molecule has 16 heavy (non-hydrogen) atoms. The lowest BCUT2D eigenvalue weighted by Gasteiger charge is -1.98. The second-order valence-corrected chi connectivity index (χ2v) is 3.26. The first-order valence-corrected chi connectivity index (χ1v) is 4.79. The monoisotopic (exact) mass is 214 g/mol. The van der Waals surface area contributed by atoms with Crippen molar-refractivity contribution in [3.05, 3.63) is 52.4 Å². The van der Waals surface area contributed by atoms with Gasteiger partial charge in [-0.25, -0.2) is 0 Å². The summed E-state index contributed by atoms with van der Waals surface area (Å²) in [7, 11) is 0. The van der Waals surface area contributed by atoms with Gasteiger partial charge in [0.2, 0.25) is 6.41 Å². The Morgan fingerprint density at radius 2 is 2.06 bits per heavy atom. The van der Waals surface area contributed by atoms with Gasteiger partial charge in [-0.15, -0.1) is 0 Å². The molecule has 4 nitrogen and oxygen atoms in total. The molecular formula is C12H10N2O2. The van der Waals surface area contributed by atoms with Crippen LogP contribution in [0.25, 0.3) is 17.0 Å². The van der Waals surface area contributed by atoms with Crippen LogP contribution in [0.3, 0.4) is 0 Å². The SMILES string of the molecule is O=CNC=Cc1cc2ccccc2[nH]c1=O. The first-order valence-electron chi connectivity index (χ1n) is 4.79. The van der Waals surface area contributed by atoms with Gasteiger partial charge in [-0.1, -0.05) is 18.2 Å². The molecule has 0 bridgehead atoms. The molecule has 2 aromatic rings. The summed E-state index contributed by atoms with van der Waals surface area (Å²) in [6, 6.07) is 9.29. The van der Waals surface area contributed by atoms with Gasteiger partial charge in [0.1, 0.15) is 0 Å². The largest absolute Gasteiger partial charge is 0.335 e. The quantitative estimate of drug-likeness (QED) is 0.755. The van der Waals surface area contributed by atoms with E-state index in [0.717, 1.165) is 10.9 Å². The van der Waals surface area contributed by atoms with Crippen LogP contribution in [0.15, 0.2) is 41.3 Å². The van der Waals surface area contributed by atoms with Gasteiger partial charge in [-0.2, -0.15) is 0 Å². The summed E-state index contributed by atoms with van der Waals surface area (Å²) in [6.45, 7) is 0. The van der Waals surface area contributed by atoms with E-state index in [1.165, 1.54) is 6.20 Å². The molecule has 2 N–H and O–H groups in total. The van der Waals surface area contributed by atoms with Crippen molar-refractivity contribution in [3.8, 4) is 0 Å². The van der Waals surface area contributed by atoms with Crippen LogP contribution >= 0.6 is 0 Å². The molecule has 2 rings (SSSR count). The predicted octanol–water partition coefficient (Wildman–Crippen LogP) is 1.24. The molecule has 0 spiro atoms. The van der Waals surface area contributed by atoms with Crippen LogP contribution in [-0.4, -0.2) is 11.4 Å². The Hall–Kier alpha value is -2.36. The third-order valence-corrected chi connectivity index (χ3v) is 2.21. The van der Waals surface area contributed by atoms with Crippen molar-refractivity contribution < 1.29 is 4.79 Å². The van der Waals surface area contributed by atoms with Crippen LogP contribution in [0.4, 0.5) is 0 Å². The highest BCUT2D eigenvalue weighted by Crippen LogP contribution is 2.10. The van der Waals surface area contributed by atoms with E-state index in [1.54, 1.807) is 12.1 Å². The summed E-state index contributed by atoms with van der Waals surface area (Å²) in [5.41, 5.74) is 1.13. The Kier molecular flexibility index (Phi) is 2.82. The van der Waals surface area contributed by atoms with E-state index in [0.29, 0.717) is 12.0 Å². The third kappa shape index (κ3) is 2.00. The van der Waals surface area contributed by atoms with Gasteiger partial charge in [0.25, 0.3) is 5.56 Å². The maximum atomic E-state index is 11.6. The van der Waals surface area contributed by atoms with Crippen molar-refractivity contribution in [2.24, 2.45) is 0 Å². The number of pyridine rings is 1. The highest BCUT2D eigenvalue weighted by molar-refractivity contribution is 5.80. The molecule has 0 saturated carbocycles. The molecule has 1 amide bonds. The first kappa shape index (κ1) is 10.2. The normalized spacial score (nSPS) is 10.8. The molecule has 1 aromatic heterocycles. The minimum Gasteiger partial charge on any atom is -0.335 e. The lowest BCUT2D eigenvalue weighted by molar-refractivity contribution is -0.108. The van der Waals surface area contributed by atoms with Gasteiger partial charge in [0.15, 0.2) is 0 Å². The number of H-pyrrole nitrogens is 1. The topological polar surface area (TPSA) is 62.0 Å². The van der Waals surface area contributed by atoms with E-state index in [4.69, 9.17) is 0 Å². The fourth-order valence-corrected chi connectivity index (χ4v) is 1.47. The van der Waals surface area contributed by atoms with Crippen molar-refractivity contribution in [3.63, 3.8) is 0 Å². The summed E-state index contributed by atoms with van der Waals surface area (Å²) >= 11 is 0. The Bertz CT molecular complexity index is 599. The molecule has 0 atom stereocenters. The zero-order valence-electron chi connectivity index (χ0n) is 8.44. The van der Waals surface area contributed by atoms with Gasteiger partial charge in [0, 0.05) is 17.3 Å². The van der Waals surface area contributed by atoms with Gasteiger partial charge >= 0.3 is 0 Å². The molecule has 0 aliphatic rings. The van der Waals surface area contributed by atoms with Gasteiger partial charge in [0.05, 0.1) is 0 Å². The third-order valence-electron chi connectivity index (χ3n) is 2.21. The molecule has 0 aliphatic heterocycles. The fourth-order valence-electron chi connectivity index (χ4n) is 1.47.